The van der Waals surface area contributed by atoms with E-state index < -0.39 is 0 Å². The lowest BCUT2D eigenvalue weighted by molar-refractivity contribution is 0.409. The van der Waals surface area contributed by atoms with Crippen LogP contribution in [0.1, 0.15) is 29.0 Å². The average molecular weight is 594 g/mol. The van der Waals surface area contributed by atoms with Gasteiger partial charge >= 0.3 is 0 Å². The van der Waals surface area contributed by atoms with E-state index in [-0.39, 0.29) is 12.3 Å². The number of fused-ring (bicyclic) bond motifs is 5. The Morgan fingerprint density at radius 2 is 0.957 bits per heavy atom. The van der Waals surface area contributed by atoms with Gasteiger partial charge in [-0.15, -0.1) is 0 Å². The summed E-state index contributed by atoms with van der Waals surface area (Å²) in [5, 5.41) is 9.87. The molecule has 46 heavy (non-hydrogen) atoms. The highest BCUT2D eigenvalue weighted by Gasteiger charge is 2.26. The zero-order chi connectivity index (χ0) is 30.5. The molecule has 0 spiro atoms. The van der Waals surface area contributed by atoms with E-state index in [1.807, 2.05) is 12.1 Å². The number of aromatic nitrogens is 2. The minimum atomic E-state index is -0.167. The molecule has 2 aromatic heterocycles. The van der Waals surface area contributed by atoms with Crippen molar-refractivity contribution in [3.8, 4) is 11.4 Å². The molecule has 0 bridgehead atoms. The molecule has 0 radical (unpaired) electrons. The quantitative estimate of drug-likeness (QED) is 0.209. The lowest BCUT2D eigenvalue weighted by Crippen LogP contribution is -2.44. The van der Waals surface area contributed by atoms with E-state index in [2.05, 4.69) is 171 Å². The van der Waals surface area contributed by atoms with Crippen LogP contribution in [0.25, 0.3) is 44.2 Å². The van der Waals surface area contributed by atoms with Gasteiger partial charge in [0.05, 0.1) is 22.1 Å². The summed E-state index contributed by atoms with van der Waals surface area (Å²) in [6, 6.07) is 57.9. The van der Waals surface area contributed by atoms with Crippen LogP contribution in [0.15, 0.2) is 169 Å². The maximum atomic E-state index is 5.07. The third-order valence-corrected chi connectivity index (χ3v) is 9.00. The lowest BCUT2D eigenvalue weighted by atomic mass is 10.1. The van der Waals surface area contributed by atoms with Gasteiger partial charge in [-0.1, -0.05) is 127 Å². The molecule has 1 aliphatic rings. The van der Waals surface area contributed by atoms with Crippen LogP contribution in [-0.2, 0) is 0 Å². The Morgan fingerprint density at radius 3 is 1.57 bits per heavy atom. The van der Waals surface area contributed by atoms with Crippen molar-refractivity contribution < 1.29 is 0 Å². The van der Waals surface area contributed by atoms with Crippen molar-refractivity contribution in [2.75, 3.05) is 0 Å². The molecule has 5 heteroatoms. The summed E-state index contributed by atoms with van der Waals surface area (Å²) >= 11 is 0. The molecule has 0 fully saturated rings. The average Bonchev–Trinajstić information content (AvgIpc) is 3.65. The third kappa shape index (κ3) is 4.32. The topological polar surface area (TPSA) is 46.3 Å². The highest BCUT2D eigenvalue weighted by atomic mass is 15.3. The lowest BCUT2D eigenvalue weighted by Gasteiger charge is -2.32. The van der Waals surface area contributed by atoms with Crippen LogP contribution in [-0.4, -0.2) is 15.0 Å². The van der Waals surface area contributed by atoms with Crippen LogP contribution in [0, 0.1) is 0 Å². The van der Waals surface area contributed by atoms with Gasteiger partial charge in [-0.05, 0) is 47.5 Å². The second-order valence-electron chi connectivity index (χ2n) is 11.7. The van der Waals surface area contributed by atoms with Crippen LogP contribution in [0.3, 0.4) is 0 Å². The van der Waals surface area contributed by atoms with E-state index in [1.165, 1.54) is 32.8 Å². The molecule has 3 heterocycles. The smallest absolute Gasteiger partial charge is 0.131 e. The maximum Gasteiger partial charge on any atom is 0.131 e. The molecular weight excluding hydrogens is 562 g/mol. The van der Waals surface area contributed by atoms with Gasteiger partial charge in [0.15, 0.2) is 0 Å². The second-order valence-corrected chi connectivity index (χ2v) is 11.7. The van der Waals surface area contributed by atoms with Gasteiger partial charge < -0.3 is 14.5 Å². The molecule has 220 valence electrons. The largest absolute Gasteiger partial charge is 0.350 e. The normalized spacial score (nSPS) is 16.5. The Hall–Kier alpha value is -5.91. The summed E-state index contributed by atoms with van der Waals surface area (Å²) in [6.07, 6.45) is -0.284. The van der Waals surface area contributed by atoms with Crippen molar-refractivity contribution in [2.45, 2.75) is 12.3 Å². The number of benzene rings is 6. The maximum absolute atomic E-state index is 5.07. The highest BCUT2D eigenvalue weighted by Crippen LogP contribution is 2.40. The van der Waals surface area contributed by atoms with Gasteiger partial charge in [-0.3, -0.25) is 5.32 Å². The second kappa shape index (κ2) is 10.9. The molecule has 5 nitrogen and oxygen atoms in total. The van der Waals surface area contributed by atoms with Gasteiger partial charge in [0.1, 0.15) is 18.2 Å². The molecule has 2 unspecified atom stereocenters. The van der Waals surface area contributed by atoms with Crippen molar-refractivity contribution in [3.05, 3.63) is 180 Å². The standard InChI is InChI=1S/C41H31N5/c1-4-14-28(15-5-1)39-42-40(29-16-6-2-7-17-29)44-41(43-39)30-24-26-32(27-25-30)46-36-23-13-11-21-34(36)37-38(46)33-20-10-12-22-35(33)45(37)31-18-8-3-9-19-31/h1-27,39,41,43H,(H,42,44). The van der Waals surface area contributed by atoms with Crippen LogP contribution >= 0.6 is 0 Å². The van der Waals surface area contributed by atoms with Crippen molar-refractivity contribution in [3.63, 3.8) is 0 Å². The van der Waals surface area contributed by atoms with E-state index in [0.29, 0.717) is 0 Å². The molecule has 8 aromatic rings. The fourth-order valence-electron chi connectivity index (χ4n) is 6.90. The van der Waals surface area contributed by atoms with E-state index in [4.69, 9.17) is 4.99 Å². The molecule has 6 aromatic carbocycles. The molecule has 0 aliphatic carbocycles. The number of nitrogens with one attached hydrogen (secondary N) is 2. The minimum absolute atomic E-state index is 0.117. The Bertz CT molecular complexity index is 2350. The number of rotatable bonds is 5. The predicted octanol–water partition coefficient (Wildman–Crippen LogP) is 9.06. The predicted molar refractivity (Wildman–Crippen MR) is 189 cm³/mol. The summed E-state index contributed by atoms with van der Waals surface area (Å²) in [7, 11) is 0. The van der Waals surface area contributed by atoms with Crippen LogP contribution in [0.5, 0.6) is 0 Å². The fourth-order valence-corrected chi connectivity index (χ4v) is 6.90. The zero-order valence-electron chi connectivity index (χ0n) is 25.1. The molecular formula is C41H31N5. The first kappa shape index (κ1) is 26.5. The molecule has 9 rings (SSSR count). The first-order chi connectivity index (χ1) is 22.8. The number of nitrogens with zero attached hydrogens (tertiary/aromatic N) is 3. The van der Waals surface area contributed by atoms with Crippen LogP contribution in [0.4, 0.5) is 0 Å². The van der Waals surface area contributed by atoms with Crippen molar-refractivity contribution in [1.82, 2.24) is 19.8 Å². The first-order valence-corrected chi connectivity index (χ1v) is 15.7. The number of para-hydroxylation sites is 3. The molecule has 2 atom stereocenters. The summed E-state index contributed by atoms with van der Waals surface area (Å²) in [4.78, 5) is 5.07. The van der Waals surface area contributed by atoms with Crippen molar-refractivity contribution >= 4 is 38.7 Å². The monoisotopic (exact) mass is 593 g/mol. The highest BCUT2D eigenvalue weighted by molar-refractivity contribution is 6.19. The number of hydrogen-bond donors (Lipinski definition) is 2. The number of hydrogen-bond acceptors (Lipinski definition) is 3. The Labute approximate surface area is 267 Å². The van der Waals surface area contributed by atoms with E-state index in [1.54, 1.807) is 0 Å². The van der Waals surface area contributed by atoms with Gasteiger partial charge in [-0.25, -0.2) is 4.99 Å². The summed E-state index contributed by atoms with van der Waals surface area (Å²) in [6.45, 7) is 0. The Morgan fingerprint density at radius 1 is 0.457 bits per heavy atom. The zero-order valence-corrected chi connectivity index (χ0v) is 25.1. The van der Waals surface area contributed by atoms with Gasteiger partial charge in [0, 0.05) is 27.7 Å². The van der Waals surface area contributed by atoms with Gasteiger partial charge in [0.2, 0.25) is 0 Å². The molecule has 0 saturated heterocycles. The SMILES string of the molecule is c1ccc(C2=NC(c3ccccc3)NC(c3ccc(-n4c5ccccc5c5c4c4ccccc4n5-c4ccccc4)cc3)N2)cc1. The van der Waals surface area contributed by atoms with E-state index >= 15 is 0 Å². The summed E-state index contributed by atoms with van der Waals surface area (Å²) < 4.78 is 4.82. The minimum Gasteiger partial charge on any atom is -0.350 e. The van der Waals surface area contributed by atoms with Crippen molar-refractivity contribution in [2.24, 2.45) is 4.99 Å². The summed E-state index contributed by atoms with van der Waals surface area (Å²) in [5.41, 5.74) is 10.5. The molecule has 1 aliphatic heterocycles. The van der Waals surface area contributed by atoms with Crippen molar-refractivity contribution in [1.29, 1.82) is 0 Å². The van der Waals surface area contributed by atoms with E-state index in [0.717, 1.165) is 33.9 Å². The van der Waals surface area contributed by atoms with Crippen LogP contribution < -0.4 is 10.6 Å². The van der Waals surface area contributed by atoms with Gasteiger partial charge in [-0.2, -0.15) is 0 Å². The Kier molecular flexibility index (Phi) is 6.28. The molecule has 2 N–H and O–H groups in total. The number of amidine groups is 1. The fraction of sp³-hybridized carbons (Fsp3) is 0.0488. The number of aliphatic imine (C=N–C) groups is 1. The van der Waals surface area contributed by atoms with Gasteiger partial charge in [0.25, 0.3) is 0 Å². The van der Waals surface area contributed by atoms with E-state index in [9.17, 15) is 0 Å². The summed E-state index contributed by atoms with van der Waals surface area (Å²) in [5.74, 6) is 0.883. The molecule has 0 amide bonds. The first-order valence-electron chi connectivity index (χ1n) is 15.7. The third-order valence-electron chi connectivity index (χ3n) is 9.00. The van der Waals surface area contributed by atoms with Crippen LogP contribution in [0.2, 0.25) is 0 Å². The Balaban J connectivity index is 1.17. The molecule has 0 saturated carbocycles.